The van der Waals surface area contributed by atoms with E-state index >= 15 is 0 Å². The number of aliphatic hydroxyl groups is 1. The number of halogens is 1. The van der Waals surface area contributed by atoms with E-state index in [0.29, 0.717) is 11.3 Å². The van der Waals surface area contributed by atoms with Crippen LogP contribution < -0.4 is 4.74 Å². The van der Waals surface area contributed by atoms with E-state index in [9.17, 15) is 9.50 Å². The normalized spacial score (nSPS) is 14.9. The van der Waals surface area contributed by atoms with Gasteiger partial charge in [-0.25, -0.2) is 4.39 Å². The summed E-state index contributed by atoms with van der Waals surface area (Å²) in [6, 6.07) is 10.5. The molecule has 0 heterocycles. The molecule has 2 aromatic carbocycles. The van der Waals surface area contributed by atoms with E-state index in [1.165, 1.54) is 23.6 Å². The molecule has 0 bridgehead atoms. The molecule has 1 N–H and O–H groups in total. The zero-order valence-corrected chi connectivity index (χ0v) is 11.4. The molecular weight excluding hydrogens is 255 g/mol. The quantitative estimate of drug-likeness (QED) is 0.909. The molecule has 0 saturated heterocycles. The molecule has 0 saturated carbocycles. The third-order valence-corrected chi connectivity index (χ3v) is 3.74. The highest BCUT2D eigenvalue weighted by Crippen LogP contribution is 2.31. The van der Waals surface area contributed by atoms with Crippen molar-refractivity contribution < 1.29 is 14.2 Å². The van der Waals surface area contributed by atoms with Crippen molar-refractivity contribution in [1.29, 1.82) is 0 Å². The van der Waals surface area contributed by atoms with Crippen LogP contribution in [0.15, 0.2) is 36.4 Å². The molecule has 0 aliphatic heterocycles. The summed E-state index contributed by atoms with van der Waals surface area (Å²) in [5, 5.41) is 9.43. The standard InChI is InChI=1S/C17H17FO2/c1-11(19)13-6-8-17(16(18)10-13)20-15-7-5-12-3-2-4-14(12)9-15/h5-11,19H,2-4H2,1H3. The van der Waals surface area contributed by atoms with Crippen molar-refractivity contribution in [1.82, 2.24) is 0 Å². The lowest BCUT2D eigenvalue weighted by Crippen LogP contribution is -1.95. The summed E-state index contributed by atoms with van der Waals surface area (Å²) in [4.78, 5) is 0. The Labute approximate surface area is 117 Å². The summed E-state index contributed by atoms with van der Waals surface area (Å²) in [5.74, 6) is 0.394. The number of benzene rings is 2. The number of ether oxygens (including phenoxy) is 1. The highest BCUT2D eigenvalue weighted by molar-refractivity contribution is 5.41. The molecule has 3 rings (SSSR count). The molecule has 1 aliphatic carbocycles. The summed E-state index contributed by atoms with van der Waals surface area (Å²) in [6.45, 7) is 1.61. The van der Waals surface area contributed by atoms with E-state index < -0.39 is 11.9 Å². The largest absolute Gasteiger partial charge is 0.454 e. The van der Waals surface area contributed by atoms with E-state index in [-0.39, 0.29) is 5.75 Å². The number of aliphatic hydroxyl groups excluding tert-OH is 1. The minimum Gasteiger partial charge on any atom is -0.454 e. The maximum absolute atomic E-state index is 13.9. The van der Waals surface area contributed by atoms with Crippen molar-refractivity contribution >= 4 is 0 Å². The predicted molar refractivity (Wildman–Crippen MR) is 75.6 cm³/mol. The third kappa shape index (κ3) is 2.54. The lowest BCUT2D eigenvalue weighted by atomic mass is 10.1. The van der Waals surface area contributed by atoms with Crippen LogP contribution in [-0.4, -0.2) is 5.11 Å². The molecule has 2 aromatic rings. The SMILES string of the molecule is CC(O)c1ccc(Oc2ccc3c(c2)CCC3)c(F)c1. The first-order valence-electron chi connectivity index (χ1n) is 6.90. The molecular formula is C17H17FO2. The van der Waals surface area contributed by atoms with Crippen molar-refractivity contribution in [2.45, 2.75) is 32.3 Å². The summed E-state index contributed by atoms with van der Waals surface area (Å²) < 4.78 is 19.5. The van der Waals surface area contributed by atoms with E-state index in [1.54, 1.807) is 19.1 Å². The van der Waals surface area contributed by atoms with Gasteiger partial charge in [-0.3, -0.25) is 0 Å². The van der Waals surface area contributed by atoms with E-state index in [0.717, 1.165) is 12.8 Å². The second kappa shape index (κ2) is 5.25. The Kier molecular flexibility index (Phi) is 3.45. The highest BCUT2D eigenvalue weighted by Gasteiger charge is 2.13. The monoisotopic (exact) mass is 272 g/mol. The third-order valence-electron chi connectivity index (χ3n) is 3.74. The predicted octanol–water partition coefficient (Wildman–Crippen LogP) is 4.16. The van der Waals surface area contributed by atoms with Crippen LogP contribution in [0.1, 0.15) is 36.1 Å². The van der Waals surface area contributed by atoms with Gasteiger partial charge in [0.25, 0.3) is 0 Å². The summed E-state index contributed by atoms with van der Waals surface area (Å²) in [7, 11) is 0. The van der Waals surface area contributed by atoms with Gasteiger partial charge < -0.3 is 9.84 Å². The lowest BCUT2D eigenvalue weighted by molar-refractivity contribution is 0.198. The molecule has 20 heavy (non-hydrogen) atoms. The molecule has 104 valence electrons. The topological polar surface area (TPSA) is 29.5 Å². The molecule has 0 aromatic heterocycles. The second-order valence-corrected chi connectivity index (χ2v) is 5.25. The van der Waals surface area contributed by atoms with Crippen LogP contribution in [0, 0.1) is 5.82 Å². The molecule has 0 fully saturated rings. The first-order chi connectivity index (χ1) is 9.63. The van der Waals surface area contributed by atoms with E-state index in [4.69, 9.17) is 4.74 Å². The van der Waals surface area contributed by atoms with Crippen molar-refractivity contribution in [3.05, 3.63) is 58.9 Å². The van der Waals surface area contributed by atoms with Gasteiger partial charge in [0.1, 0.15) is 5.75 Å². The number of rotatable bonds is 3. The highest BCUT2D eigenvalue weighted by atomic mass is 19.1. The Morgan fingerprint density at radius 3 is 2.65 bits per heavy atom. The van der Waals surface area contributed by atoms with Gasteiger partial charge in [0, 0.05) is 0 Å². The van der Waals surface area contributed by atoms with Gasteiger partial charge in [0.05, 0.1) is 6.10 Å². The van der Waals surface area contributed by atoms with Crippen molar-refractivity contribution in [3.63, 3.8) is 0 Å². The van der Waals surface area contributed by atoms with Crippen molar-refractivity contribution in [2.75, 3.05) is 0 Å². The molecule has 2 nitrogen and oxygen atoms in total. The number of hydrogen-bond donors (Lipinski definition) is 1. The number of fused-ring (bicyclic) bond motifs is 1. The van der Waals surface area contributed by atoms with E-state index in [1.807, 2.05) is 12.1 Å². The van der Waals surface area contributed by atoms with Crippen molar-refractivity contribution in [3.8, 4) is 11.5 Å². The maximum atomic E-state index is 13.9. The van der Waals surface area contributed by atoms with E-state index in [2.05, 4.69) is 6.07 Å². The summed E-state index contributed by atoms with van der Waals surface area (Å²) >= 11 is 0. The zero-order valence-electron chi connectivity index (χ0n) is 11.4. The van der Waals surface area contributed by atoms with Gasteiger partial charge >= 0.3 is 0 Å². The van der Waals surface area contributed by atoms with Crippen molar-refractivity contribution in [2.24, 2.45) is 0 Å². The first-order valence-corrected chi connectivity index (χ1v) is 6.90. The van der Waals surface area contributed by atoms with Crippen LogP contribution in [-0.2, 0) is 12.8 Å². The maximum Gasteiger partial charge on any atom is 0.166 e. The Balaban J connectivity index is 1.84. The smallest absolute Gasteiger partial charge is 0.166 e. The van der Waals surface area contributed by atoms with Crippen LogP contribution in [0.25, 0.3) is 0 Å². The summed E-state index contributed by atoms with van der Waals surface area (Å²) in [5.41, 5.74) is 3.20. The first kappa shape index (κ1) is 13.1. The minimum atomic E-state index is -0.682. The molecule has 1 atom stereocenters. The molecule has 0 radical (unpaired) electrons. The van der Waals surface area contributed by atoms with Gasteiger partial charge in [-0.2, -0.15) is 0 Å². The Morgan fingerprint density at radius 2 is 1.90 bits per heavy atom. The van der Waals surface area contributed by atoms with Crippen LogP contribution in [0.5, 0.6) is 11.5 Å². The van der Waals surface area contributed by atoms with Gasteiger partial charge in [-0.15, -0.1) is 0 Å². The van der Waals surface area contributed by atoms with Gasteiger partial charge in [0.15, 0.2) is 11.6 Å². The number of aryl methyl sites for hydroxylation is 2. The zero-order chi connectivity index (χ0) is 14.1. The fourth-order valence-electron chi connectivity index (χ4n) is 2.60. The molecule has 1 unspecified atom stereocenters. The van der Waals surface area contributed by atoms with Crippen LogP contribution in [0.3, 0.4) is 0 Å². The second-order valence-electron chi connectivity index (χ2n) is 5.25. The Morgan fingerprint density at radius 1 is 1.10 bits per heavy atom. The molecule has 0 spiro atoms. The fourth-order valence-corrected chi connectivity index (χ4v) is 2.60. The number of hydrogen-bond acceptors (Lipinski definition) is 2. The van der Waals surface area contributed by atoms with Crippen LogP contribution in [0.2, 0.25) is 0 Å². The molecule has 3 heteroatoms. The van der Waals surface area contributed by atoms with Gasteiger partial charge in [-0.05, 0) is 67.1 Å². The summed E-state index contributed by atoms with van der Waals surface area (Å²) in [6.07, 6.45) is 2.68. The minimum absolute atomic E-state index is 0.187. The molecule has 0 amide bonds. The lowest BCUT2D eigenvalue weighted by Gasteiger charge is -2.10. The van der Waals surface area contributed by atoms with Gasteiger partial charge in [0.2, 0.25) is 0 Å². The Bertz CT molecular complexity index is 635. The van der Waals surface area contributed by atoms with Crippen LogP contribution in [0.4, 0.5) is 4.39 Å². The van der Waals surface area contributed by atoms with Crippen LogP contribution >= 0.6 is 0 Å². The molecule has 1 aliphatic rings. The average Bonchev–Trinajstić information content (AvgIpc) is 2.88. The average molecular weight is 272 g/mol. The van der Waals surface area contributed by atoms with Gasteiger partial charge in [-0.1, -0.05) is 12.1 Å². The fraction of sp³-hybridized carbons (Fsp3) is 0.294. The Hall–Kier alpha value is -1.87.